The minimum absolute atomic E-state index is 0.579. The first kappa shape index (κ1) is 54.1. The van der Waals surface area contributed by atoms with Gasteiger partial charge in [0.1, 0.15) is 74.6 Å². The molecule has 0 bridgehead atoms. The fraction of sp³-hybridized carbons (Fsp3) is 0.0897. The molecule has 1 aromatic carbocycles. The van der Waals surface area contributed by atoms with E-state index >= 15 is 0 Å². The van der Waals surface area contributed by atoms with E-state index < -0.39 is 6.98 Å². The molecule has 0 fully saturated rings. The molecular weight excluding hydrogens is 1310 g/mol. The topological polar surface area (TPSA) is 198 Å². The first-order valence-corrected chi connectivity index (χ1v) is 34.4. The Morgan fingerprint density at radius 1 is 0.417 bits per heavy atom. The Kier molecular flexibility index (Phi) is 11.5. The van der Waals surface area contributed by atoms with Crippen molar-refractivity contribution in [2.24, 2.45) is 14.0 Å². The monoisotopic (exact) mass is 1370 g/mol. The summed E-state index contributed by atoms with van der Waals surface area (Å²) in [6, 6.07) is 34.8. The lowest BCUT2D eigenvalue weighted by Gasteiger charge is -2.02. The standard InChI is InChI=1S/C20H14N5.2C15H12N5.C14H9N4O.C14H9N4S/c1-2-5-14(6-3-1)25-19-17-11-21-9-10-23(17)13-18(19)24-12-16-15(20(24)25)7-4-8-22-16;2*1-18-14-12-7-16-5-6-19(12)9-13(14)20-8-11-10(15(18)20)3-2-4-17-11;2*1-2-9-10(16-4-1)6-18-13-11-3-5-15-8-17(11)7-12(13)19-14(9)18/h1-11,13H,12H2;2*2-7,9H,8H2,1H3;2*1-5,7-8H,6H2/q5*+1/i;1D3;;;. The number of fused-ring (bicyclic) bond motifs is 35. The third-order valence-electron chi connectivity index (χ3n) is 20.4. The molecule has 0 saturated carbocycles. The number of rotatable bonds is 1. The summed E-state index contributed by atoms with van der Waals surface area (Å²) in [6.07, 6.45) is 43.6. The maximum atomic E-state index is 8.03. The van der Waals surface area contributed by atoms with E-state index in [1.54, 1.807) is 31.1 Å². The number of aromatic nitrogens is 23. The molecule has 0 atom stereocenters. The van der Waals surface area contributed by atoms with Crippen LogP contribution in [0.5, 0.6) is 0 Å². The summed E-state index contributed by atoms with van der Waals surface area (Å²) in [5, 5.41) is 1.31. The molecule has 25 heterocycles. The number of benzene rings is 1. The van der Waals surface area contributed by atoms with E-state index in [4.69, 9.17) is 8.53 Å². The number of pyridine rings is 5. The van der Waals surface area contributed by atoms with Crippen LogP contribution < -0.4 is 22.8 Å². The molecule has 5 aliphatic rings. The second kappa shape index (κ2) is 21.8. The number of thiazole rings is 1. The molecule has 0 saturated heterocycles. The average molecular weight is 1370 g/mol. The van der Waals surface area contributed by atoms with Crippen LogP contribution in [0.2, 0.25) is 0 Å². The van der Waals surface area contributed by atoms with E-state index in [1.807, 2.05) is 166 Å². The van der Waals surface area contributed by atoms with Crippen LogP contribution in [-0.4, -0.2) is 85.5 Å². The SMILES string of the molecule is C[n+]1c2n(c3cn4ccncc4c31)Cc1ncccc1-2.[2H]C([2H])([2H])[n+]1c2n(c3cn4ccncc4c31)Cc1ncccc1-2.c1ccc(-n2c3[n+](c4cn5ccncc5c42)Cc2ncccc2-3)cc1.c1cnc2c(c1)-c1oc3cn4cnccc4c3[n+]1C2.c1cnc2c(c1)-c1sc3cn4cnccc4c3[n+]1C2. The third-order valence-corrected chi connectivity index (χ3v) is 21.6. The van der Waals surface area contributed by atoms with Crippen molar-refractivity contribution in [3.63, 3.8) is 0 Å². The molecule has 20 aromatic heterocycles. The van der Waals surface area contributed by atoms with E-state index in [0.717, 1.165) is 110 Å². The van der Waals surface area contributed by atoms with Crippen molar-refractivity contribution in [1.29, 1.82) is 0 Å². The van der Waals surface area contributed by atoms with Crippen molar-refractivity contribution >= 4 is 93.3 Å². The largest absolute Gasteiger partial charge is 0.396 e. The zero-order chi connectivity index (χ0) is 70.2. The van der Waals surface area contributed by atoms with Crippen molar-refractivity contribution in [1.82, 2.24) is 85.5 Å². The molecule has 24 nitrogen and oxygen atoms in total. The van der Waals surface area contributed by atoms with Crippen LogP contribution in [0.25, 0.3) is 144 Å². The van der Waals surface area contributed by atoms with Crippen LogP contribution in [0.1, 0.15) is 32.6 Å². The fourth-order valence-electron chi connectivity index (χ4n) is 16.1. The number of hydrogen-bond donors (Lipinski definition) is 0. The van der Waals surface area contributed by atoms with Gasteiger partial charge in [-0.25, -0.2) is 32.8 Å². The number of hydrogen-bond acceptors (Lipinski definition) is 12. The lowest BCUT2D eigenvalue weighted by atomic mass is 10.2. The molecule has 25 heteroatoms. The second-order valence-corrected chi connectivity index (χ2v) is 26.9. The van der Waals surface area contributed by atoms with Gasteiger partial charge in [0.2, 0.25) is 27.6 Å². The summed E-state index contributed by atoms with van der Waals surface area (Å²) in [5.41, 5.74) is 27.2. The highest BCUT2D eigenvalue weighted by atomic mass is 32.1. The summed E-state index contributed by atoms with van der Waals surface area (Å²) in [5.74, 6) is 3.99. The maximum absolute atomic E-state index is 8.03. The number of para-hydroxylation sites is 1. The number of oxazole rings is 1. The second-order valence-electron chi connectivity index (χ2n) is 25.9. The van der Waals surface area contributed by atoms with Crippen LogP contribution in [0.4, 0.5) is 0 Å². The maximum Gasteiger partial charge on any atom is 0.384 e. The number of aryl methyl sites for hydroxylation is 2. The summed E-state index contributed by atoms with van der Waals surface area (Å²) in [6.45, 7) is 1.57. The van der Waals surface area contributed by atoms with Gasteiger partial charge in [-0.1, -0.05) is 29.5 Å². The fourth-order valence-corrected chi connectivity index (χ4v) is 17.3. The first-order chi connectivity index (χ1) is 52.1. The van der Waals surface area contributed by atoms with Crippen molar-refractivity contribution < 1.29 is 31.4 Å². The van der Waals surface area contributed by atoms with Gasteiger partial charge in [0.25, 0.3) is 28.0 Å². The van der Waals surface area contributed by atoms with Gasteiger partial charge < -0.3 is 22.0 Å². The number of imidazole rings is 3. The van der Waals surface area contributed by atoms with Gasteiger partial charge in [-0.2, -0.15) is 9.13 Å². The Labute approximate surface area is 590 Å². The minimum Gasteiger partial charge on any atom is -0.396 e. The van der Waals surface area contributed by atoms with Crippen molar-refractivity contribution in [2.75, 3.05) is 0 Å². The lowest BCUT2D eigenvalue weighted by Crippen LogP contribution is -2.31. The average Bonchev–Trinajstić information content (AvgIpc) is 1.45. The predicted octanol–water partition coefficient (Wildman–Crippen LogP) is 10.1. The van der Waals surface area contributed by atoms with Gasteiger partial charge in [-0.05, 0) is 84.9 Å². The van der Waals surface area contributed by atoms with E-state index in [2.05, 4.69) is 171 Å². The van der Waals surface area contributed by atoms with Crippen molar-refractivity contribution in [3.05, 3.63) is 274 Å². The Morgan fingerprint density at radius 2 is 0.942 bits per heavy atom. The molecular formula is C78H56N23OS+5. The van der Waals surface area contributed by atoms with Crippen molar-refractivity contribution in [2.45, 2.75) is 32.7 Å². The Bertz CT molecular complexity index is 7090. The third kappa shape index (κ3) is 8.35. The Morgan fingerprint density at radius 3 is 1.59 bits per heavy atom. The van der Waals surface area contributed by atoms with Gasteiger partial charge in [-0.3, -0.25) is 44.3 Å². The first-order valence-electron chi connectivity index (χ1n) is 35.1. The summed E-state index contributed by atoms with van der Waals surface area (Å²) in [7, 11) is 2.11. The van der Waals surface area contributed by atoms with Crippen LogP contribution in [0.15, 0.2) is 250 Å². The van der Waals surface area contributed by atoms with E-state index in [9.17, 15) is 0 Å². The Hall–Kier alpha value is -13.8. The Balaban J connectivity index is 0.0000000830. The number of nitrogens with zero attached hydrogens (tertiary/aromatic N) is 23. The minimum atomic E-state index is -2.28. The van der Waals surface area contributed by atoms with E-state index in [1.165, 1.54) is 81.4 Å². The normalized spacial score (nSPS) is 13.5. The zero-order valence-corrected chi connectivity index (χ0v) is 55.5. The molecule has 0 N–H and O–H groups in total. The van der Waals surface area contributed by atoms with Gasteiger partial charge >= 0.3 is 5.89 Å². The predicted molar refractivity (Wildman–Crippen MR) is 384 cm³/mol. The molecule has 0 unspecified atom stereocenters. The van der Waals surface area contributed by atoms with Crippen LogP contribution in [0, 0.1) is 0 Å². The summed E-state index contributed by atoms with van der Waals surface area (Å²) in [4.78, 5) is 43.4. The highest BCUT2D eigenvalue weighted by molar-refractivity contribution is 7.21. The highest BCUT2D eigenvalue weighted by Gasteiger charge is 2.41. The molecule has 0 spiro atoms. The van der Waals surface area contributed by atoms with Crippen LogP contribution in [0.3, 0.4) is 0 Å². The molecule has 490 valence electrons. The molecule has 0 aliphatic carbocycles. The van der Waals surface area contributed by atoms with E-state index in [0.29, 0.717) is 17.9 Å². The van der Waals surface area contributed by atoms with Crippen LogP contribution >= 0.6 is 11.3 Å². The van der Waals surface area contributed by atoms with Gasteiger partial charge in [-0.15, -0.1) is 4.57 Å². The molecule has 5 aliphatic heterocycles. The molecule has 26 rings (SSSR count). The van der Waals surface area contributed by atoms with Gasteiger partial charge in [0, 0.05) is 86.8 Å². The van der Waals surface area contributed by atoms with Gasteiger partial charge in [0.05, 0.1) is 114 Å². The quantitative estimate of drug-likeness (QED) is 0.142. The summed E-state index contributed by atoms with van der Waals surface area (Å²) < 4.78 is 58.9. The zero-order valence-electron chi connectivity index (χ0n) is 57.7. The molecule has 21 aromatic rings. The molecule has 103 heavy (non-hydrogen) atoms. The van der Waals surface area contributed by atoms with Crippen LogP contribution in [-0.2, 0) is 46.7 Å². The molecule has 0 radical (unpaired) electrons. The van der Waals surface area contributed by atoms with Crippen molar-refractivity contribution in [3.8, 4) is 61.9 Å². The highest BCUT2D eigenvalue weighted by Crippen LogP contribution is 2.40. The smallest absolute Gasteiger partial charge is 0.384 e. The molecule has 0 amide bonds. The lowest BCUT2D eigenvalue weighted by molar-refractivity contribution is -0.649. The van der Waals surface area contributed by atoms with E-state index in [-0.39, 0.29) is 0 Å². The van der Waals surface area contributed by atoms with Gasteiger partial charge in [0.15, 0.2) is 29.6 Å². The summed E-state index contributed by atoms with van der Waals surface area (Å²) >= 11 is 1.83.